The first kappa shape index (κ1) is 26.0. The summed E-state index contributed by atoms with van der Waals surface area (Å²) in [5.74, 6) is 1.23. The van der Waals surface area contributed by atoms with Crippen molar-refractivity contribution in [3.63, 3.8) is 0 Å². The molecule has 6 nitrogen and oxygen atoms in total. The monoisotopic (exact) mass is 535 g/mol. The lowest BCUT2D eigenvalue weighted by Crippen LogP contribution is -2.45. The van der Waals surface area contributed by atoms with Gasteiger partial charge in [-0.1, -0.05) is 30.2 Å². The summed E-state index contributed by atoms with van der Waals surface area (Å²) in [5, 5.41) is 1.12. The molecule has 0 bridgehead atoms. The van der Waals surface area contributed by atoms with E-state index in [0.29, 0.717) is 24.0 Å². The van der Waals surface area contributed by atoms with Crippen LogP contribution >= 0.6 is 24.0 Å². The van der Waals surface area contributed by atoms with E-state index in [9.17, 15) is 13.2 Å². The third-order valence-corrected chi connectivity index (χ3v) is 9.67. The fourth-order valence-electron chi connectivity index (χ4n) is 5.30. The minimum Gasteiger partial charge on any atom is -0.342 e. The highest BCUT2D eigenvalue weighted by atomic mass is 35.5. The third kappa shape index (κ3) is 5.09. The molecular formula is C26H31Cl2N3O3S. The van der Waals surface area contributed by atoms with E-state index < -0.39 is 15.1 Å². The summed E-state index contributed by atoms with van der Waals surface area (Å²) in [6, 6.07) is 10.3. The van der Waals surface area contributed by atoms with Crippen molar-refractivity contribution >= 4 is 50.5 Å². The number of rotatable bonds is 4. The third-order valence-electron chi connectivity index (χ3n) is 7.39. The number of carbonyl (C=O) groups is 1. The number of piperidine rings is 1. The Labute approximate surface area is 218 Å². The highest BCUT2D eigenvalue weighted by Crippen LogP contribution is 2.32. The van der Waals surface area contributed by atoms with Crippen LogP contribution < -0.4 is 0 Å². The Morgan fingerprint density at radius 1 is 1.03 bits per heavy atom. The Morgan fingerprint density at radius 2 is 1.74 bits per heavy atom. The summed E-state index contributed by atoms with van der Waals surface area (Å²) < 4.78 is 29.0. The Bertz CT molecular complexity index is 1330. The number of hydrogen-bond donors (Lipinski definition) is 0. The van der Waals surface area contributed by atoms with Crippen LogP contribution in [0.4, 0.5) is 0 Å². The van der Waals surface area contributed by atoms with Gasteiger partial charge in [-0.2, -0.15) is 0 Å². The van der Waals surface area contributed by atoms with Gasteiger partial charge in [0.15, 0.2) is 9.84 Å². The molecule has 1 saturated heterocycles. The zero-order valence-corrected chi connectivity index (χ0v) is 22.2. The largest absolute Gasteiger partial charge is 0.342 e. The normalized spacial score (nSPS) is 17.9. The number of imidazole rings is 1. The molecule has 0 saturated carbocycles. The van der Waals surface area contributed by atoms with E-state index in [1.54, 1.807) is 41.3 Å². The number of benzene rings is 2. The maximum atomic E-state index is 13.3. The number of halogens is 2. The van der Waals surface area contributed by atoms with Gasteiger partial charge in [-0.05, 0) is 67.6 Å². The SMILES string of the molecule is CC(C(=O)N1CCC(c2cnc3n2CCCCC3)CC1)S(=O)(=O)c1ccc2cc(Cl)ccc2c1.Cl. The summed E-state index contributed by atoms with van der Waals surface area (Å²) in [6.07, 6.45) is 8.34. The zero-order chi connectivity index (χ0) is 23.9. The zero-order valence-electron chi connectivity index (χ0n) is 19.8. The van der Waals surface area contributed by atoms with Gasteiger partial charge in [-0.15, -0.1) is 12.4 Å². The minimum absolute atomic E-state index is 0. The predicted octanol–water partition coefficient (Wildman–Crippen LogP) is 5.41. The van der Waals surface area contributed by atoms with E-state index in [1.165, 1.54) is 37.7 Å². The molecule has 0 aliphatic carbocycles. The minimum atomic E-state index is -3.80. The van der Waals surface area contributed by atoms with Crippen molar-refractivity contribution in [2.45, 2.75) is 68.1 Å². The lowest BCUT2D eigenvalue weighted by atomic mass is 9.93. The van der Waals surface area contributed by atoms with Crippen LogP contribution in [0.1, 0.15) is 56.5 Å². The molecule has 5 rings (SSSR count). The molecule has 2 aliphatic heterocycles. The molecule has 2 aliphatic rings. The van der Waals surface area contributed by atoms with Crippen molar-refractivity contribution in [1.29, 1.82) is 0 Å². The Balaban J connectivity index is 0.00000289. The van der Waals surface area contributed by atoms with Crippen molar-refractivity contribution in [2.24, 2.45) is 0 Å². The van der Waals surface area contributed by atoms with Gasteiger partial charge < -0.3 is 9.47 Å². The lowest BCUT2D eigenvalue weighted by molar-refractivity contribution is -0.131. The number of fused-ring (bicyclic) bond motifs is 2. The number of amides is 1. The predicted molar refractivity (Wildman–Crippen MR) is 141 cm³/mol. The van der Waals surface area contributed by atoms with Gasteiger partial charge in [0.2, 0.25) is 5.91 Å². The molecule has 1 aromatic heterocycles. The number of hydrogen-bond acceptors (Lipinski definition) is 4. The van der Waals surface area contributed by atoms with E-state index in [0.717, 1.165) is 36.6 Å². The van der Waals surface area contributed by atoms with Crippen LogP contribution in [-0.4, -0.2) is 47.1 Å². The molecule has 1 unspecified atom stereocenters. The average molecular weight is 537 g/mol. The maximum Gasteiger partial charge on any atom is 0.241 e. The molecule has 1 fully saturated rings. The van der Waals surface area contributed by atoms with Gasteiger partial charge in [-0.3, -0.25) is 4.79 Å². The fourth-order valence-corrected chi connectivity index (χ4v) is 6.86. The molecule has 2 aromatic carbocycles. The number of likely N-dealkylation sites (tertiary alicyclic amines) is 1. The second-order valence-corrected chi connectivity index (χ2v) is 12.2. The smallest absolute Gasteiger partial charge is 0.241 e. The summed E-state index contributed by atoms with van der Waals surface area (Å²) in [7, 11) is -3.80. The summed E-state index contributed by atoms with van der Waals surface area (Å²) in [6.45, 7) is 3.67. The van der Waals surface area contributed by atoms with E-state index in [-0.39, 0.29) is 23.2 Å². The van der Waals surface area contributed by atoms with E-state index in [2.05, 4.69) is 9.55 Å². The first-order chi connectivity index (χ1) is 16.3. The summed E-state index contributed by atoms with van der Waals surface area (Å²) >= 11 is 6.04. The van der Waals surface area contributed by atoms with Crippen LogP contribution in [-0.2, 0) is 27.6 Å². The molecule has 0 N–H and O–H groups in total. The standard InChI is InChI=1S/C26H30ClN3O3S.ClH/c1-18(34(32,33)23-9-7-20-15-22(27)8-6-21(20)16-23)26(31)29-13-10-19(11-14-29)24-17-28-25-5-3-2-4-12-30(24)25;/h6-9,15-19H,2-5,10-14H2,1H3;1H. The summed E-state index contributed by atoms with van der Waals surface area (Å²) in [5.41, 5.74) is 1.28. The van der Waals surface area contributed by atoms with Gasteiger partial charge in [0.1, 0.15) is 11.1 Å². The number of carbonyl (C=O) groups excluding carboxylic acids is 1. The molecular weight excluding hydrogens is 505 g/mol. The van der Waals surface area contributed by atoms with Crippen LogP contribution in [0.2, 0.25) is 5.02 Å². The van der Waals surface area contributed by atoms with Crippen LogP contribution in [0.3, 0.4) is 0 Å². The molecule has 3 heterocycles. The maximum absolute atomic E-state index is 13.3. The van der Waals surface area contributed by atoms with Gasteiger partial charge in [-0.25, -0.2) is 13.4 Å². The molecule has 9 heteroatoms. The Kier molecular flexibility index (Phi) is 7.79. The quantitative estimate of drug-likeness (QED) is 0.447. The number of sulfone groups is 1. The first-order valence-corrected chi connectivity index (χ1v) is 14.0. The van der Waals surface area contributed by atoms with E-state index in [1.807, 2.05) is 6.20 Å². The van der Waals surface area contributed by atoms with E-state index in [4.69, 9.17) is 11.6 Å². The van der Waals surface area contributed by atoms with Crippen molar-refractivity contribution in [3.8, 4) is 0 Å². The van der Waals surface area contributed by atoms with Crippen LogP contribution in [0.25, 0.3) is 10.8 Å². The van der Waals surface area contributed by atoms with Crippen LogP contribution in [0.15, 0.2) is 47.5 Å². The number of aromatic nitrogens is 2. The molecule has 0 radical (unpaired) electrons. The van der Waals surface area contributed by atoms with Crippen LogP contribution in [0, 0.1) is 0 Å². The topological polar surface area (TPSA) is 72.3 Å². The molecule has 1 amide bonds. The van der Waals surface area contributed by atoms with Gasteiger partial charge >= 0.3 is 0 Å². The molecule has 35 heavy (non-hydrogen) atoms. The molecule has 1 atom stereocenters. The van der Waals surface area contributed by atoms with Crippen molar-refractivity contribution < 1.29 is 13.2 Å². The van der Waals surface area contributed by atoms with Gasteiger partial charge in [0.25, 0.3) is 0 Å². The Hall–Kier alpha value is -2.09. The van der Waals surface area contributed by atoms with Gasteiger partial charge in [0.05, 0.1) is 4.90 Å². The molecule has 3 aromatic rings. The summed E-state index contributed by atoms with van der Waals surface area (Å²) in [4.78, 5) is 19.8. The highest BCUT2D eigenvalue weighted by Gasteiger charge is 2.35. The van der Waals surface area contributed by atoms with Crippen molar-refractivity contribution in [1.82, 2.24) is 14.5 Å². The lowest BCUT2D eigenvalue weighted by Gasteiger charge is -2.34. The second-order valence-electron chi connectivity index (χ2n) is 9.50. The first-order valence-electron chi connectivity index (χ1n) is 12.1. The molecule has 0 spiro atoms. The van der Waals surface area contributed by atoms with E-state index >= 15 is 0 Å². The Morgan fingerprint density at radius 3 is 2.51 bits per heavy atom. The number of aryl methyl sites for hydroxylation is 1. The molecule has 188 valence electrons. The van der Waals surface area contributed by atoms with Crippen LogP contribution in [0.5, 0.6) is 0 Å². The fraction of sp³-hybridized carbons (Fsp3) is 0.462. The number of nitrogens with zero attached hydrogens (tertiary/aromatic N) is 3. The van der Waals surface area contributed by atoms with Crippen molar-refractivity contribution in [3.05, 3.63) is 59.1 Å². The average Bonchev–Trinajstić information content (AvgIpc) is 3.10. The van der Waals surface area contributed by atoms with Crippen molar-refractivity contribution in [2.75, 3.05) is 13.1 Å². The van der Waals surface area contributed by atoms with Gasteiger partial charge in [0, 0.05) is 48.9 Å². The second kappa shape index (κ2) is 10.5. The highest BCUT2D eigenvalue weighted by molar-refractivity contribution is 7.92.